The molecule has 0 spiro atoms. The van der Waals surface area contributed by atoms with Crippen LogP contribution in [0.1, 0.15) is 214 Å². The molecule has 0 N–H and O–H groups in total. The quantitative estimate of drug-likeness (QED) is 0.160. The van der Waals surface area contributed by atoms with Gasteiger partial charge in [-0.2, -0.15) is 0 Å². The number of nitrogens with zero attached hydrogens (tertiary/aromatic N) is 3. The van der Waals surface area contributed by atoms with Crippen molar-refractivity contribution in [3.63, 3.8) is 0 Å². The first kappa shape index (κ1) is 45.0. The fourth-order valence-corrected chi connectivity index (χ4v) is 15.3. The molecule has 5 heteroatoms. The minimum atomic E-state index is -0.418. The third-order valence-electron chi connectivity index (χ3n) is 20.7. The van der Waals surface area contributed by atoms with Gasteiger partial charge in [-0.05, 0) is 200 Å². The Labute approximate surface area is 469 Å². The van der Waals surface area contributed by atoms with Gasteiger partial charge in [0.25, 0.3) is 6.71 Å². The number of fused-ring (bicyclic) bond motifs is 9. The summed E-state index contributed by atoms with van der Waals surface area (Å²) in [5.74, 6) is 1.06. The zero-order valence-corrected chi connectivity index (χ0v) is 49.1. The maximum absolute atomic E-state index is 9.73. The molecule has 6 aliphatic rings. The lowest BCUT2D eigenvalue weighted by atomic mass is 9.35. The van der Waals surface area contributed by atoms with Crippen LogP contribution in [0.15, 0.2) is 126 Å². The lowest BCUT2D eigenvalue weighted by Crippen LogP contribution is -2.61. The summed E-state index contributed by atoms with van der Waals surface area (Å²) in [5.41, 5.74) is 19.8. The number of rotatable bonds is 5. The van der Waals surface area contributed by atoms with E-state index < -0.39 is 6.04 Å². The Morgan fingerprint density at radius 3 is 1.43 bits per heavy atom. The number of hydrogen-bond acceptors (Lipinski definition) is 4. The SMILES string of the molecule is [2H]c1c([2H])c([2H])c(N(c2ccccc2)c2cc3c4c(c2)N(c2ccc5c(c2)C(C)(C)CCC5(C)C)c2c(oc5c2C(C)(C)CCC5(C)C)B4c2cc4c(cc2N3c2ccc3c(c2)C(C)(C)CCC3(C)C)C(C)(C)CCC4(C)C)c([2H])c1[2H]. The van der Waals surface area contributed by atoms with Crippen LogP contribution in [0.2, 0.25) is 0 Å². The average molecular weight is 1020 g/mol. The van der Waals surface area contributed by atoms with E-state index >= 15 is 0 Å². The Hall–Kier alpha value is -5.94. The van der Waals surface area contributed by atoms with E-state index in [4.69, 9.17) is 5.79 Å². The summed E-state index contributed by atoms with van der Waals surface area (Å²) >= 11 is 0. The van der Waals surface area contributed by atoms with Crippen molar-refractivity contribution >= 4 is 74.5 Å². The van der Waals surface area contributed by atoms with Crippen LogP contribution in [0.4, 0.5) is 51.2 Å². The van der Waals surface area contributed by atoms with E-state index in [9.17, 15) is 5.48 Å². The Morgan fingerprint density at radius 1 is 0.429 bits per heavy atom. The first-order valence-electron chi connectivity index (χ1n) is 31.6. The highest BCUT2D eigenvalue weighted by atomic mass is 16.3. The summed E-state index contributed by atoms with van der Waals surface area (Å²) in [6.45, 7) is 38.2. The highest BCUT2D eigenvalue weighted by Gasteiger charge is 2.54. The van der Waals surface area contributed by atoms with Crippen LogP contribution in [-0.2, 0) is 43.3 Å². The predicted octanol–water partition coefficient (Wildman–Crippen LogP) is 18.2. The van der Waals surface area contributed by atoms with Crippen LogP contribution in [-0.4, -0.2) is 6.71 Å². The normalized spacial score (nSPS) is 22.5. The number of furan rings is 1. The van der Waals surface area contributed by atoms with Crippen molar-refractivity contribution < 1.29 is 11.3 Å². The van der Waals surface area contributed by atoms with Gasteiger partial charge in [0, 0.05) is 50.8 Å². The molecule has 13 rings (SSSR count). The summed E-state index contributed by atoms with van der Waals surface area (Å²) < 4.78 is 54.5. The van der Waals surface area contributed by atoms with E-state index in [1.165, 1.54) is 44.4 Å². The van der Waals surface area contributed by atoms with Crippen LogP contribution in [0.3, 0.4) is 0 Å². The third-order valence-corrected chi connectivity index (χ3v) is 20.7. The lowest BCUT2D eigenvalue weighted by Gasteiger charge is -2.48. The maximum atomic E-state index is 9.73. The molecular formula is C72H84BN3O. The van der Waals surface area contributed by atoms with E-state index in [1.54, 1.807) is 0 Å². The van der Waals surface area contributed by atoms with Gasteiger partial charge in [-0.15, -0.1) is 0 Å². The summed E-state index contributed by atoms with van der Waals surface area (Å²) in [7, 11) is 0. The van der Waals surface area contributed by atoms with E-state index in [-0.39, 0.29) is 79.9 Å². The molecule has 0 fully saturated rings. The zero-order valence-electron chi connectivity index (χ0n) is 54.1. The second kappa shape index (κ2) is 16.3. The minimum absolute atomic E-state index is 0.00230. The Kier molecular flexibility index (Phi) is 9.54. The third kappa shape index (κ3) is 7.50. The minimum Gasteiger partial charge on any atom is -0.472 e. The first-order valence-corrected chi connectivity index (χ1v) is 29.1. The van der Waals surface area contributed by atoms with Gasteiger partial charge in [-0.3, -0.25) is 0 Å². The molecule has 7 aromatic rings. The zero-order chi connectivity index (χ0) is 58.7. The highest BCUT2D eigenvalue weighted by Crippen LogP contribution is 2.58. The second-order valence-corrected chi connectivity index (χ2v) is 29.7. The standard InChI is InChI=1S/C72H84BN3O/c1-65(2)31-33-67(5,6)52-39-47(27-29-50(52)65)75-57-44-55-54(69(9,10)35-36-70(55,11)12)43-56(57)73-61-58(75)41-49(74(45-23-19-17-20-24-45)46-25-21-18-22-26-46)42-59(61)76(48-28-30-51-53(40-48)68(7,8)34-32-66(51,3)4)62-60-63(77-64(62)73)72(15,16)38-37-71(60,13)14/h17-30,39-44H,31-38H2,1-16H3/i17D,19D,20D,23D,24D. The van der Waals surface area contributed by atoms with Gasteiger partial charge in [0.05, 0.1) is 23.9 Å². The molecule has 6 aromatic carbocycles. The summed E-state index contributed by atoms with van der Waals surface area (Å²) in [6.07, 6.45) is 8.48. The summed E-state index contributed by atoms with van der Waals surface area (Å²) in [4.78, 5) is 7.03. The monoisotopic (exact) mass is 1020 g/mol. The van der Waals surface area contributed by atoms with Gasteiger partial charge in [-0.25, -0.2) is 0 Å². The van der Waals surface area contributed by atoms with Crippen molar-refractivity contribution in [3.05, 3.63) is 166 Å². The van der Waals surface area contributed by atoms with Gasteiger partial charge in [0.1, 0.15) is 5.76 Å². The van der Waals surface area contributed by atoms with Crippen LogP contribution >= 0.6 is 0 Å². The molecule has 0 radical (unpaired) electrons. The molecule has 4 aliphatic carbocycles. The van der Waals surface area contributed by atoms with Crippen molar-refractivity contribution in [1.82, 2.24) is 0 Å². The molecule has 3 heterocycles. The molecule has 1 aromatic heterocycles. The van der Waals surface area contributed by atoms with E-state index in [0.717, 1.165) is 102 Å². The fourth-order valence-electron chi connectivity index (χ4n) is 15.3. The molecule has 396 valence electrons. The topological polar surface area (TPSA) is 22.9 Å². The molecule has 2 aliphatic heterocycles. The molecule has 4 nitrogen and oxygen atoms in total. The van der Waals surface area contributed by atoms with Crippen molar-refractivity contribution in [1.29, 1.82) is 0 Å². The predicted molar refractivity (Wildman–Crippen MR) is 329 cm³/mol. The second-order valence-electron chi connectivity index (χ2n) is 29.7. The number of anilines is 9. The van der Waals surface area contributed by atoms with Crippen LogP contribution < -0.4 is 31.3 Å². The van der Waals surface area contributed by atoms with E-state index in [0.29, 0.717) is 11.4 Å². The summed E-state index contributed by atoms with van der Waals surface area (Å²) in [6, 6.07) is 32.4. The maximum Gasteiger partial charge on any atom is 0.297 e. The molecule has 0 saturated carbocycles. The van der Waals surface area contributed by atoms with Gasteiger partial charge in [-0.1, -0.05) is 165 Å². The fraction of sp³-hybridized carbons (Fsp3) is 0.444. The van der Waals surface area contributed by atoms with Crippen molar-refractivity contribution in [2.45, 2.75) is 205 Å². The first-order chi connectivity index (χ1) is 38.2. The van der Waals surface area contributed by atoms with Crippen molar-refractivity contribution in [2.24, 2.45) is 0 Å². The molecular weight excluding hydrogens is 934 g/mol. The van der Waals surface area contributed by atoms with Crippen LogP contribution in [0.5, 0.6) is 0 Å². The van der Waals surface area contributed by atoms with Gasteiger partial charge >= 0.3 is 0 Å². The number of benzene rings is 6. The molecule has 0 amide bonds. The molecule has 0 unspecified atom stereocenters. The molecule has 0 atom stereocenters. The van der Waals surface area contributed by atoms with Gasteiger partial charge < -0.3 is 19.1 Å². The molecule has 0 saturated heterocycles. The van der Waals surface area contributed by atoms with Crippen molar-refractivity contribution in [2.75, 3.05) is 14.7 Å². The average Bonchev–Trinajstić information content (AvgIpc) is 1.96. The van der Waals surface area contributed by atoms with E-state index in [1.807, 2.05) is 35.2 Å². The van der Waals surface area contributed by atoms with Crippen molar-refractivity contribution in [3.8, 4) is 0 Å². The number of para-hydroxylation sites is 2. The number of hydrogen-bond donors (Lipinski definition) is 0. The van der Waals surface area contributed by atoms with Crippen LogP contribution in [0, 0.1) is 0 Å². The van der Waals surface area contributed by atoms with Crippen LogP contribution in [0.25, 0.3) is 0 Å². The largest absolute Gasteiger partial charge is 0.472 e. The van der Waals surface area contributed by atoms with E-state index in [2.05, 4.69) is 181 Å². The lowest BCUT2D eigenvalue weighted by molar-refractivity contribution is 0.282. The Morgan fingerprint density at radius 2 is 0.883 bits per heavy atom. The smallest absolute Gasteiger partial charge is 0.297 e. The van der Waals surface area contributed by atoms with Gasteiger partial charge in [0.15, 0.2) is 0 Å². The highest BCUT2D eigenvalue weighted by molar-refractivity contribution is 6.99. The molecule has 77 heavy (non-hydrogen) atoms. The van der Waals surface area contributed by atoms with Gasteiger partial charge in [0.2, 0.25) is 0 Å². The summed E-state index contributed by atoms with van der Waals surface area (Å²) in [5, 5.41) is 0. The Bertz CT molecular complexity index is 3850. The Balaban J connectivity index is 1.24. The molecule has 0 bridgehead atoms.